The molecule has 0 amide bonds. The quantitative estimate of drug-likeness (QED) is 0.499. The molecule has 0 heterocycles. The summed E-state index contributed by atoms with van der Waals surface area (Å²) in [5.74, 6) is 1.45. The molecule has 2 saturated carbocycles. The minimum Gasteiger partial charge on any atom is -0.463 e. The number of carbonyl (C=O) groups excluding carboxylic acids is 1. The van der Waals surface area contributed by atoms with Crippen LogP contribution in [0.2, 0.25) is 0 Å². The summed E-state index contributed by atoms with van der Waals surface area (Å²) in [6.07, 6.45) is 8.25. The molecule has 0 radical (unpaired) electrons. The third-order valence-electron chi connectivity index (χ3n) is 3.47. The average Bonchev–Trinajstić information content (AvgIpc) is 2.15. The zero-order chi connectivity index (χ0) is 9.97. The van der Waals surface area contributed by atoms with Crippen molar-refractivity contribution in [2.24, 2.45) is 11.8 Å². The van der Waals surface area contributed by atoms with Crippen molar-refractivity contribution >= 4 is 5.97 Å². The van der Waals surface area contributed by atoms with E-state index in [1.54, 1.807) is 6.08 Å². The number of carbonyl (C=O) groups is 1. The normalized spacial score (nSPS) is 33.4. The summed E-state index contributed by atoms with van der Waals surface area (Å²) in [6, 6.07) is 0. The second kappa shape index (κ2) is 4.16. The second-order valence-corrected chi connectivity index (χ2v) is 4.33. The molecule has 2 aliphatic rings. The number of ether oxygens (including phenoxy) is 1. The first-order valence-electron chi connectivity index (χ1n) is 5.68. The molecule has 0 spiro atoms. The molecular formula is C12H18O2. The van der Waals surface area contributed by atoms with Crippen LogP contribution < -0.4 is 0 Å². The van der Waals surface area contributed by atoms with Crippen LogP contribution in [0.1, 0.15) is 39.0 Å². The predicted molar refractivity (Wildman–Crippen MR) is 54.8 cm³/mol. The van der Waals surface area contributed by atoms with E-state index in [1.807, 2.05) is 6.92 Å². The van der Waals surface area contributed by atoms with Crippen LogP contribution in [0, 0.1) is 11.8 Å². The molecule has 2 unspecified atom stereocenters. The van der Waals surface area contributed by atoms with Gasteiger partial charge < -0.3 is 4.74 Å². The van der Waals surface area contributed by atoms with E-state index in [-0.39, 0.29) is 5.97 Å². The van der Waals surface area contributed by atoms with Crippen molar-refractivity contribution in [3.63, 3.8) is 0 Å². The van der Waals surface area contributed by atoms with E-state index in [4.69, 9.17) is 4.74 Å². The largest absolute Gasteiger partial charge is 0.463 e. The van der Waals surface area contributed by atoms with Crippen molar-refractivity contribution in [1.82, 2.24) is 0 Å². The maximum atomic E-state index is 11.2. The standard InChI is InChI=1S/C12H18O2/c1-2-14-12(13)8-10-7-9-5-3-4-6-11(9)10/h8-9,11H,2-7H2,1H3/b10-8-. The van der Waals surface area contributed by atoms with E-state index < -0.39 is 0 Å². The number of fused-ring (bicyclic) bond motifs is 1. The van der Waals surface area contributed by atoms with Crippen LogP contribution in [0.25, 0.3) is 0 Å². The molecular weight excluding hydrogens is 176 g/mol. The minimum absolute atomic E-state index is 0.147. The smallest absolute Gasteiger partial charge is 0.330 e. The summed E-state index contributed by atoms with van der Waals surface area (Å²) in [7, 11) is 0. The van der Waals surface area contributed by atoms with E-state index in [0.717, 1.165) is 12.3 Å². The van der Waals surface area contributed by atoms with Gasteiger partial charge in [0.05, 0.1) is 6.61 Å². The molecule has 2 atom stereocenters. The Morgan fingerprint density at radius 3 is 3.00 bits per heavy atom. The molecule has 2 rings (SSSR count). The Morgan fingerprint density at radius 1 is 1.50 bits per heavy atom. The first-order valence-corrected chi connectivity index (χ1v) is 5.68. The van der Waals surface area contributed by atoms with E-state index in [9.17, 15) is 4.79 Å². The van der Waals surface area contributed by atoms with Gasteiger partial charge in [0, 0.05) is 6.08 Å². The fourth-order valence-electron chi connectivity index (χ4n) is 2.74. The van der Waals surface area contributed by atoms with Gasteiger partial charge >= 0.3 is 5.97 Å². The highest BCUT2D eigenvalue weighted by atomic mass is 16.5. The maximum absolute atomic E-state index is 11.2. The van der Waals surface area contributed by atoms with Crippen molar-refractivity contribution in [2.45, 2.75) is 39.0 Å². The molecule has 0 bridgehead atoms. The first-order chi connectivity index (χ1) is 6.81. The number of rotatable bonds is 2. The highest BCUT2D eigenvalue weighted by Gasteiger charge is 2.37. The van der Waals surface area contributed by atoms with Crippen LogP contribution in [-0.4, -0.2) is 12.6 Å². The maximum Gasteiger partial charge on any atom is 0.330 e. The molecule has 2 heteroatoms. The Labute approximate surface area is 85.3 Å². The van der Waals surface area contributed by atoms with Crippen molar-refractivity contribution < 1.29 is 9.53 Å². The van der Waals surface area contributed by atoms with Gasteiger partial charge in [-0.1, -0.05) is 18.4 Å². The van der Waals surface area contributed by atoms with Crippen LogP contribution in [0.5, 0.6) is 0 Å². The van der Waals surface area contributed by atoms with Gasteiger partial charge in [-0.2, -0.15) is 0 Å². The number of hydrogen-bond donors (Lipinski definition) is 0. The van der Waals surface area contributed by atoms with Gasteiger partial charge in [-0.15, -0.1) is 0 Å². The topological polar surface area (TPSA) is 26.3 Å². The fourth-order valence-corrected chi connectivity index (χ4v) is 2.74. The Morgan fingerprint density at radius 2 is 2.29 bits per heavy atom. The molecule has 2 fully saturated rings. The lowest BCUT2D eigenvalue weighted by Gasteiger charge is -2.43. The van der Waals surface area contributed by atoms with Crippen LogP contribution in [0.3, 0.4) is 0 Å². The summed E-state index contributed by atoms with van der Waals surface area (Å²) in [6.45, 7) is 2.33. The molecule has 0 N–H and O–H groups in total. The van der Waals surface area contributed by atoms with Gasteiger partial charge in [-0.25, -0.2) is 4.79 Å². The monoisotopic (exact) mass is 194 g/mol. The highest BCUT2D eigenvalue weighted by molar-refractivity contribution is 5.83. The summed E-state index contributed by atoms with van der Waals surface area (Å²) >= 11 is 0. The molecule has 2 nitrogen and oxygen atoms in total. The zero-order valence-corrected chi connectivity index (χ0v) is 8.79. The van der Waals surface area contributed by atoms with E-state index >= 15 is 0 Å². The van der Waals surface area contributed by atoms with Gasteiger partial charge in [0.25, 0.3) is 0 Å². The lowest BCUT2D eigenvalue weighted by molar-refractivity contribution is -0.137. The Bertz CT molecular complexity index is 255. The fraction of sp³-hybridized carbons (Fsp3) is 0.750. The molecule has 78 valence electrons. The first kappa shape index (κ1) is 9.75. The molecule has 0 saturated heterocycles. The summed E-state index contributed by atoms with van der Waals surface area (Å²) in [5, 5.41) is 0. The molecule has 2 aliphatic carbocycles. The zero-order valence-electron chi connectivity index (χ0n) is 8.79. The van der Waals surface area contributed by atoms with E-state index in [0.29, 0.717) is 12.5 Å². The van der Waals surface area contributed by atoms with Crippen molar-refractivity contribution in [3.8, 4) is 0 Å². The number of esters is 1. The third kappa shape index (κ3) is 1.84. The highest BCUT2D eigenvalue weighted by Crippen LogP contribution is 2.48. The Balaban J connectivity index is 1.91. The third-order valence-corrected chi connectivity index (χ3v) is 3.47. The number of allylic oxidation sites excluding steroid dienone is 1. The second-order valence-electron chi connectivity index (χ2n) is 4.33. The molecule has 14 heavy (non-hydrogen) atoms. The summed E-state index contributed by atoms with van der Waals surface area (Å²) in [4.78, 5) is 11.2. The van der Waals surface area contributed by atoms with Crippen molar-refractivity contribution in [1.29, 1.82) is 0 Å². The average molecular weight is 194 g/mol. The predicted octanol–water partition coefficient (Wildman–Crippen LogP) is 2.69. The van der Waals surface area contributed by atoms with Gasteiger partial charge in [-0.05, 0) is 38.0 Å². The van der Waals surface area contributed by atoms with Gasteiger partial charge in [-0.3, -0.25) is 0 Å². The van der Waals surface area contributed by atoms with E-state index in [1.165, 1.54) is 31.3 Å². The molecule has 0 aromatic heterocycles. The van der Waals surface area contributed by atoms with Crippen LogP contribution >= 0.6 is 0 Å². The van der Waals surface area contributed by atoms with Gasteiger partial charge in [0.15, 0.2) is 0 Å². The molecule has 0 aromatic carbocycles. The minimum atomic E-state index is -0.147. The molecule has 0 aliphatic heterocycles. The van der Waals surface area contributed by atoms with Crippen LogP contribution in [0.15, 0.2) is 11.6 Å². The van der Waals surface area contributed by atoms with Crippen LogP contribution in [-0.2, 0) is 9.53 Å². The van der Waals surface area contributed by atoms with E-state index in [2.05, 4.69) is 0 Å². The summed E-state index contributed by atoms with van der Waals surface area (Å²) < 4.78 is 4.91. The van der Waals surface area contributed by atoms with Gasteiger partial charge in [0.1, 0.15) is 0 Å². The van der Waals surface area contributed by atoms with Crippen LogP contribution in [0.4, 0.5) is 0 Å². The molecule has 0 aromatic rings. The lowest BCUT2D eigenvalue weighted by Crippen LogP contribution is -2.32. The van der Waals surface area contributed by atoms with Gasteiger partial charge in [0.2, 0.25) is 0 Å². The Hall–Kier alpha value is -0.790. The SMILES string of the molecule is CCOC(=O)/C=C1/CC2CCCCC12. The van der Waals surface area contributed by atoms with Crippen molar-refractivity contribution in [2.75, 3.05) is 6.61 Å². The number of hydrogen-bond acceptors (Lipinski definition) is 2. The Kier molecular flexibility index (Phi) is 2.90. The lowest BCUT2D eigenvalue weighted by atomic mass is 9.62. The van der Waals surface area contributed by atoms with Crippen molar-refractivity contribution in [3.05, 3.63) is 11.6 Å². The summed E-state index contributed by atoms with van der Waals surface area (Å²) in [5.41, 5.74) is 1.34.